The maximum Gasteiger partial charge on any atom is 0.540 e. The van der Waals surface area contributed by atoms with Crippen molar-refractivity contribution in [1.82, 2.24) is 0 Å². The molecule has 0 atom stereocenters. The number of hydrogen-bond donors (Lipinski definition) is 0. The smallest absolute Gasteiger partial charge is 0.482 e. The number of rotatable bonds is 15. The number of methoxy groups -OCH3 is 3. The molecule has 0 aliphatic rings. The Morgan fingerprint density at radius 3 is 1.55 bits per heavy atom. The van der Waals surface area contributed by atoms with Gasteiger partial charge in [0.25, 0.3) is 0 Å². The highest BCUT2D eigenvalue weighted by Gasteiger charge is 2.43. The van der Waals surface area contributed by atoms with Gasteiger partial charge in [-0.05, 0) is 0 Å². The predicted molar refractivity (Wildman–Crippen MR) is 80.1 cm³/mol. The zero-order valence-corrected chi connectivity index (χ0v) is 14.7. The Morgan fingerprint density at radius 2 is 1.23 bits per heavy atom. The molecule has 0 amide bonds. The van der Waals surface area contributed by atoms with E-state index in [2.05, 4.69) is 0 Å². The Hall–Kier alpha value is -0.773. The van der Waals surface area contributed by atoms with E-state index in [1.165, 1.54) is 6.92 Å². The third-order valence-corrected chi connectivity index (χ3v) is 4.87. The Balaban J connectivity index is 4.78. The Morgan fingerprint density at radius 1 is 0.818 bits per heavy atom. The molecule has 9 heteroatoms. The lowest BCUT2D eigenvalue weighted by Gasteiger charge is -2.29. The number of carbonyl (C=O) groups excluding carboxylic acids is 1. The Kier molecular flexibility index (Phi) is 13.4. The van der Waals surface area contributed by atoms with E-state index in [-0.39, 0.29) is 31.8 Å². The van der Waals surface area contributed by atoms with Gasteiger partial charge in [0.15, 0.2) is 17.9 Å². The van der Waals surface area contributed by atoms with E-state index in [1.54, 1.807) is 27.3 Å². The van der Waals surface area contributed by atoms with Crippen molar-refractivity contribution >= 4 is 14.7 Å². The molecule has 0 fully saturated rings. The van der Waals surface area contributed by atoms with Crippen LogP contribution >= 0.6 is 0 Å². The van der Waals surface area contributed by atoms with Gasteiger partial charge in [-0.25, -0.2) is 4.79 Å². The molecule has 0 aliphatic carbocycles. The summed E-state index contributed by atoms with van der Waals surface area (Å²) in [5.41, 5.74) is 0. The van der Waals surface area contributed by atoms with Gasteiger partial charge in [0.2, 0.25) is 0 Å². The molecule has 0 spiro atoms. The second-order valence-electron chi connectivity index (χ2n) is 4.15. The summed E-state index contributed by atoms with van der Waals surface area (Å²) in [5, 5.41) is 0. The first-order chi connectivity index (χ1) is 10.6. The normalized spacial score (nSPS) is 11.3. The van der Waals surface area contributed by atoms with E-state index in [4.69, 9.17) is 32.2 Å². The van der Waals surface area contributed by atoms with Crippen molar-refractivity contribution in [1.29, 1.82) is 0 Å². The standard InChI is InChI=1S/C13H26O8Si/c1-13(11-14)18-12-22(19-8-5-15-2,20-9-6-16-3)21-10-7-17-4/h5-10,12H2,1-4H3. The second-order valence-corrected chi connectivity index (χ2v) is 6.67. The fourth-order valence-corrected chi connectivity index (χ4v) is 3.39. The van der Waals surface area contributed by atoms with Gasteiger partial charge in [0.1, 0.15) is 0 Å². The molecule has 22 heavy (non-hydrogen) atoms. The summed E-state index contributed by atoms with van der Waals surface area (Å²) < 4.78 is 37.4. The summed E-state index contributed by atoms with van der Waals surface area (Å²) in [5.74, 6) is 1.77. The molecule has 130 valence electrons. The van der Waals surface area contributed by atoms with E-state index in [0.29, 0.717) is 19.8 Å². The first-order valence-electron chi connectivity index (χ1n) is 6.87. The van der Waals surface area contributed by atoms with Crippen LogP contribution in [0, 0.1) is 0 Å². The molecule has 0 N–H and O–H groups in total. The van der Waals surface area contributed by atoms with Crippen LogP contribution in [0.1, 0.15) is 6.92 Å². The van der Waals surface area contributed by atoms with E-state index in [0.717, 1.165) is 0 Å². The fourth-order valence-electron chi connectivity index (χ4n) is 1.32. The van der Waals surface area contributed by atoms with Crippen molar-refractivity contribution in [2.45, 2.75) is 6.92 Å². The lowest BCUT2D eigenvalue weighted by molar-refractivity contribution is -0.000883. The fraction of sp³-hybridized carbons (Fsp3) is 0.846. The second kappa shape index (κ2) is 13.9. The molecule has 0 bridgehead atoms. The third-order valence-electron chi connectivity index (χ3n) is 2.44. The van der Waals surface area contributed by atoms with Gasteiger partial charge in [-0.1, -0.05) is 0 Å². The van der Waals surface area contributed by atoms with Crippen LogP contribution in [0.4, 0.5) is 0 Å². The van der Waals surface area contributed by atoms with Crippen molar-refractivity contribution < 1.29 is 37.0 Å². The van der Waals surface area contributed by atoms with Gasteiger partial charge in [-0.2, -0.15) is 0 Å². The van der Waals surface area contributed by atoms with Crippen molar-refractivity contribution in [2.24, 2.45) is 0 Å². The maximum absolute atomic E-state index is 10.5. The molecule has 0 aliphatic heterocycles. The number of allylic oxidation sites excluding steroid dienone is 1. The third kappa shape index (κ3) is 10.0. The molecule has 0 heterocycles. The average molecular weight is 338 g/mol. The number of ether oxygens (including phenoxy) is 4. The zero-order chi connectivity index (χ0) is 16.7. The van der Waals surface area contributed by atoms with E-state index >= 15 is 0 Å². The SMILES string of the molecule is COCCO[Si](COC(C)=C=O)(OCCOC)OCCOC. The van der Waals surface area contributed by atoms with Crippen LogP contribution in [0.5, 0.6) is 0 Å². The molecule has 0 aromatic rings. The molecule has 0 unspecified atom stereocenters. The van der Waals surface area contributed by atoms with Crippen molar-refractivity contribution in [3.63, 3.8) is 0 Å². The Labute approximate surface area is 132 Å². The highest BCUT2D eigenvalue weighted by molar-refractivity contribution is 6.60. The molecule has 0 saturated carbocycles. The van der Waals surface area contributed by atoms with E-state index in [1.807, 2.05) is 0 Å². The maximum atomic E-state index is 10.5. The van der Waals surface area contributed by atoms with Gasteiger partial charge < -0.3 is 32.2 Å². The minimum absolute atomic E-state index is 0.00517. The average Bonchev–Trinajstić information content (AvgIpc) is 2.53. The number of hydrogen-bond acceptors (Lipinski definition) is 8. The summed E-state index contributed by atoms with van der Waals surface area (Å²) in [6.45, 7) is 3.53. The minimum Gasteiger partial charge on any atom is -0.482 e. The molecule has 0 rings (SSSR count). The lowest BCUT2D eigenvalue weighted by Crippen LogP contribution is -2.52. The quantitative estimate of drug-likeness (QED) is 0.181. The van der Waals surface area contributed by atoms with Crippen molar-refractivity contribution in [2.75, 3.05) is 67.2 Å². The van der Waals surface area contributed by atoms with Crippen LogP contribution in [0.3, 0.4) is 0 Å². The molecule has 0 saturated heterocycles. The largest absolute Gasteiger partial charge is 0.540 e. The summed E-state index contributed by atoms with van der Waals surface area (Å²) in [6, 6.07) is 0. The van der Waals surface area contributed by atoms with E-state index in [9.17, 15) is 4.79 Å². The van der Waals surface area contributed by atoms with Gasteiger partial charge >= 0.3 is 8.80 Å². The minimum atomic E-state index is -3.15. The summed E-state index contributed by atoms with van der Waals surface area (Å²) in [7, 11) is 1.56. The molecular formula is C13H26O8Si. The van der Waals surface area contributed by atoms with Gasteiger partial charge in [0.05, 0.1) is 39.6 Å². The highest BCUT2D eigenvalue weighted by Crippen LogP contribution is 2.12. The lowest BCUT2D eigenvalue weighted by atomic mass is 10.7. The summed E-state index contributed by atoms with van der Waals surface area (Å²) in [4.78, 5) is 10.5. The monoisotopic (exact) mass is 338 g/mol. The summed E-state index contributed by atoms with van der Waals surface area (Å²) in [6.07, 6.45) is 0.00517. The van der Waals surface area contributed by atoms with Gasteiger partial charge in [-0.3, -0.25) is 0 Å². The van der Waals surface area contributed by atoms with Crippen molar-refractivity contribution in [3.8, 4) is 0 Å². The Bertz CT molecular complexity index is 293. The topological polar surface area (TPSA) is 81.7 Å². The van der Waals surface area contributed by atoms with Crippen LogP contribution in [-0.4, -0.2) is 81.9 Å². The van der Waals surface area contributed by atoms with Crippen LogP contribution in [0.2, 0.25) is 0 Å². The first kappa shape index (κ1) is 21.2. The van der Waals surface area contributed by atoms with Crippen LogP contribution in [0.15, 0.2) is 5.76 Å². The van der Waals surface area contributed by atoms with Crippen LogP contribution in [-0.2, 0) is 37.0 Å². The van der Waals surface area contributed by atoms with E-state index < -0.39 is 8.80 Å². The molecule has 0 radical (unpaired) electrons. The molecule has 0 aromatic heterocycles. The zero-order valence-electron chi connectivity index (χ0n) is 13.7. The first-order valence-corrected chi connectivity index (χ1v) is 8.80. The summed E-state index contributed by atoms with van der Waals surface area (Å²) >= 11 is 0. The van der Waals surface area contributed by atoms with Crippen LogP contribution < -0.4 is 0 Å². The molecular weight excluding hydrogens is 312 g/mol. The molecule has 8 nitrogen and oxygen atoms in total. The highest BCUT2D eigenvalue weighted by atomic mass is 28.4. The predicted octanol–water partition coefficient (Wildman–Crippen LogP) is 0.206. The van der Waals surface area contributed by atoms with Crippen molar-refractivity contribution in [3.05, 3.63) is 5.76 Å². The van der Waals surface area contributed by atoms with Crippen LogP contribution in [0.25, 0.3) is 0 Å². The molecule has 0 aromatic carbocycles. The van der Waals surface area contributed by atoms with Gasteiger partial charge in [0, 0.05) is 28.3 Å². The van der Waals surface area contributed by atoms with Gasteiger partial charge in [-0.15, -0.1) is 0 Å².